The van der Waals surface area contributed by atoms with Gasteiger partial charge in [0.25, 0.3) is 15.9 Å². The number of anilines is 1. The van der Waals surface area contributed by atoms with Gasteiger partial charge in [0.15, 0.2) is 0 Å². The fourth-order valence-electron chi connectivity index (χ4n) is 2.62. The van der Waals surface area contributed by atoms with E-state index >= 15 is 0 Å². The lowest BCUT2D eigenvalue weighted by Crippen LogP contribution is -2.31. The molecule has 0 saturated carbocycles. The van der Waals surface area contributed by atoms with Gasteiger partial charge >= 0.3 is 0 Å². The normalized spacial score (nSPS) is 17.2. The third-order valence-electron chi connectivity index (χ3n) is 4.16. The Morgan fingerprint density at radius 3 is 2.77 bits per heavy atom. The van der Waals surface area contributed by atoms with E-state index in [-0.39, 0.29) is 16.9 Å². The highest BCUT2D eigenvalue weighted by Crippen LogP contribution is 2.26. The van der Waals surface area contributed by atoms with E-state index in [1.54, 1.807) is 0 Å². The molecule has 0 unspecified atom stereocenters. The first-order valence-electron chi connectivity index (χ1n) is 8.11. The van der Waals surface area contributed by atoms with Crippen LogP contribution < -0.4 is 9.62 Å². The van der Waals surface area contributed by atoms with Gasteiger partial charge in [0.1, 0.15) is 5.82 Å². The number of amides is 1. The molecule has 3 rings (SSSR count). The molecule has 1 atom stereocenters. The number of ether oxygens (including phenoxy) is 1. The van der Waals surface area contributed by atoms with Crippen molar-refractivity contribution < 1.29 is 22.3 Å². The second-order valence-electron chi connectivity index (χ2n) is 5.94. The molecular formula is C17H19FN2O4S2. The minimum Gasteiger partial charge on any atom is -0.376 e. The Morgan fingerprint density at radius 2 is 2.12 bits per heavy atom. The molecule has 140 valence electrons. The standard InChI is InChI=1S/C17H19FN2O4S2/c1-20(13-6-4-12(18)5-7-13)26(22,23)15-9-16(25-11-15)17(21)19-10-14-3-2-8-24-14/h4-7,9,11,14H,2-3,8,10H2,1H3,(H,19,21)/t14-/m1/s1. The van der Waals surface area contributed by atoms with Crippen molar-refractivity contribution in [2.24, 2.45) is 0 Å². The van der Waals surface area contributed by atoms with Gasteiger partial charge in [-0.2, -0.15) is 0 Å². The Hall–Kier alpha value is -1.97. The van der Waals surface area contributed by atoms with Crippen molar-refractivity contribution in [2.45, 2.75) is 23.8 Å². The summed E-state index contributed by atoms with van der Waals surface area (Å²) in [5.74, 6) is -0.767. The molecule has 6 nitrogen and oxygen atoms in total. The lowest BCUT2D eigenvalue weighted by atomic mass is 10.2. The van der Waals surface area contributed by atoms with Crippen LogP contribution in [0.2, 0.25) is 0 Å². The van der Waals surface area contributed by atoms with Gasteiger partial charge in [-0.15, -0.1) is 11.3 Å². The number of sulfonamides is 1. The van der Waals surface area contributed by atoms with Crippen LogP contribution >= 0.6 is 11.3 Å². The van der Waals surface area contributed by atoms with Crippen molar-refractivity contribution in [2.75, 3.05) is 24.5 Å². The van der Waals surface area contributed by atoms with Crippen molar-refractivity contribution >= 4 is 33.0 Å². The summed E-state index contributed by atoms with van der Waals surface area (Å²) in [7, 11) is -2.45. The van der Waals surface area contributed by atoms with E-state index in [4.69, 9.17) is 4.74 Å². The fraction of sp³-hybridized carbons (Fsp3) is 0.353. The zero-order chi connectivity index (χ0) is 18.7. The summed E-state index contributed by atoms with van der Waals surface area (Å²) in [5.41, 5.74) is 0.335. The Balaban J connectivity index is 1.70. The van der Waals surface area contributed by atoms with Gasteiger partial charge in [-0.3, -0.25) is 9.10 Å². The number of rotatable bonds is 6. The van der Waals surface area contributed by atoms with E-state index in [0.717, 1.165) is 28.5 Å². The molecule has 1 fully saturated rings. The maximum atomic E-state index is 13.0. The first-order valence-corrected chi connectivity index (χ1v) is 10.4. The summed E-state index contributed by atoms with van der Waals surface area (Å²) >= 11 is 1.06. The van der Waals surface area contributed by atoms with Crippen molar-refractivity contribution in [1.82, 2.24) is 5.32 Å². The Kier molecular flexibility index (Phi) is 5.59. The second kappa shape index (κ2) is 7.73. The summed E-state index contributed by atoms with van der Waals surface area (Å²) in [5, 5.41) is 4.20. The summed E-state index contributed by atoms with van der Waals surface area (Å²) in [6.45, 7) is 1.12. The maximum absolute atomic E-state index is 13.0. The van der Waals surface area contributed by atoms with E-state index in [1.165, 1.54) is 42.8 Å². The first kappa shape index (κ1) is 18.8. The molecule has 1 aliphatic rings. The Bertz CT molecular complexity index is 874. The van der Waals surface area contributed by atoms with Crippen molar-refractivity contribution in [1.29, 1.82) is 0 Å². The van der Waals surface area contributed by atoms with E-state index in [1.807, 2.05) is 0 Å². The molecule has 1 amide bonds. The van der Waals surface area contributed by atoms with Gasteiger partial charge in [0.2, 0.25) is 0 Å². The molecule has 0 bridgehead atoms. The Morgan fingerprint density at radius 1 is 1.38 bits per heavy atom. The number of benzene rings is 1. The van der Waals surface area contributed by atoms with Crippen LogP contribution in [-0.2, 0) is 14.8 Å². The molecule has 0 spiro atoms. The highest BCUT2D eigenvalue weighted by Gasteiger charge is 2.24. The van der Waals surface area contributed by atoms with Gasteiger partial charge in [0.05, 0.1) is 21.6 Å². The fourth-order valence-corrected chi connectivity index (χ4v) is 4.99. The number of hydrogen-bond acceptors (Lipinski definition) is 5. The molecule has 26 heavy (non-hydrogen) atoms. The van der Waals surface area contributed by atoms with Crippen LogP contribution in [0.1, 0.15) is 22.5 Å². The van der Waals surface area contributed by atoms with Crippen LogP contribution in [0.25, 0.3) is 0 Å². The molecule has 9 heteroatoms. The maximum Gasteiger partial charge on any atom is 0.264 e. The van der Waals surface area contributed by atoms with E-state index in [9.17, 15) is 17.6 Å². The number of nitrogens with one attached hydrogen (secondary N) is 1. The average molecular weight is 398 g/mol. The highest BCUT2D eigenvalue weighted by molar-refractivity contribution is 7.93. The smallest absolute Gasteiger partial charge is 0.264 e. The topological polar surface area (TPSA) is 75.7 Å². The van der Waals surface area contributed by atoms with Gasteiger partial charge in [0, 0.05) is 25.6 Å². The third kappa shape index (κ3) is 4.05. The quantitative estimate of drug-likeness (QED) is 0.812. The number of nitrogens with zero attached hydrogens (tertiary/aromatic N) is 1. The zero-order valence-electron chi connectivity index (χ0n) is 14.1. The monoisotopic (exact) mass is 398 g/mol. The van der Waals surface area contributed by atoms with Crippen molar-refractivity contribution in [3.05, 3.63) is 46.4 Å². The largest absolute Gasteiger partial charge is 0.376 e. The van der Waals surface area contributed by atoms with Crippen molar-refractivity contribution in [3.63, 3.8) is 0 Å². The van der Waals surface area contributed by atoms with Crippen LogP contribution in [-0.4, -0.2) is 40.6 Å². The Labute approximate surface area is 155 Å². The number of carbonyl (C=O) groups is 1. The predicted molar refractivity (Wildman–Crippen MR) is 97.6 cm³/mol. The first-order chi connectivity index (χ1) is 12.4. The van der Waals surface area contributed by atoms with Crippen LogP contribution in [0, 0.1) is 5.82 Å². The minimum absolute atomic E-state index is 0.0201. The molecule has 1 aliphatic heterocycles. The summed E-state index contributed by atoms with van der Waals surface area (Å²) < 4.78 is 44.9. The molecule has 1 aromatic carbocycles. The molecular weight excluding hydrogens is 379 g/mol. The van der Waals surface area contributed by atoms with E-state index in [2.05, 4.69) is 5.32 Å². The van der Waals surface area contributed by atoms with Crippen LogP contribution in [0.4, 0.5) is 10.1 Å². The van der Waals surface area contributed by atoms with Gasteiger partial charge < -0.3 is 10.1 Å². The van der Waals surface area contributed by atoms with Crippen LogP contribution in [0.15, 0.2) is 40.6 Å². The summed E-state index contributed by atoms with van der Waals surface area (Å²) in [4.78, 5) is 12.6. The summed E-state index contributed by atoms with van der Waals surface area (Å²) in [6.07, 6.45) is 1.91. The van der Waals surface area contributed by atoms with Crippen LogP contribution in [0.3, 0.4) is 0 Å². The molecule has 1 saturated heterocycles. The van der Waals surface area contributed by atoms with E-state index < -0.39 is 15.8 Å². The predicted octanol–water partition coefficient (Wildman–Crippen LogP) is 2.62. The number of halogens is 1. The SMILES string of the molecule is CN(c1ccc(F)cc1)S(=O)(=O)c1csc(C(=O)NC[C@H]2CCCO2)c1. The molecule has 0 aliphatic carbocycles. The molecule has 2 aromatic rings. The van der Waals surface area contributed by atoms with E-state index in [0.29, 0.717) is 23.7 Å². The van der Waals surface area contributed by atoms with Gasteiger partial charge in [-0.25, -0.2) is 12.8 Å². The third-order valence-corrected chi connectivity index (χ3v) is 7.00. The molecule has 2 heterocycles. The van der Waals surface area contributed by atoms with Gasteiger partial charge in [-0.1, -0.05) is 0 Å². The second-order valence-corrected chi connectivity index (χ2v) is 8.82. The lowest BCUT2D eigenvalue weighted by molar-refractivity contribution is 0.0861. The highest BCUT2D eigenvalue weighted by atomic mass is 32.2. The van der Waals surface area contributed by atoms with Crippen LogP contribution in [0.5, 0.6) is 0 Å². The summed E-state index contributed by atoms with van der Waals surface area (Å²) in [6, 6.07) is 6.51. The number of hydrogen-bond donors (Lipinski definition) is 1. The minimum atomic E-state index is -3.83. The number of carbonyl (C=O) groups excluding carboxylic acids is 1. The zero-order valence-corrected chi connectivity index (χ0v) is 15.8. The molecule has 0 radical (unpaired) electrons. The molecule has 1 N–H and O–H groups in total. The number of thiophene rings is 1. The lowest BCUT2D eigenvalue weighted by Gasteiger charge is -2.18. The van der Waals surface area contributed by atoms with Crippen molar-refractivity contribution in [3.8, 4) is 0 Å². The van der Waals surface area contributed by atoms with Gasteiger partial charge in [-0.05, 0) is 43.2 Å². The molecule has 1 aromatic heterocycles. The average Bonchev–Trinajstić information content (AvgIpc) is 3.31.